The number of hydrogen-bond donors (Lipinski definition) is 1. The molecule has 6 nitrogen and oxygen atoms in total. The van der Waals surface area contributed by atoms with Crippen LogP contribution in [-0.4, -0.2) is 54.9 Å². The van der Waals surface area contributed by atoms with Crippen LogP contribution in [0.5, 0.6) is 0 Å². The Morgan fingerprint density at radius 2 is 2.08 bits per heavy atom. The third-order valence-electron chi connectivity index (χ3n) is 5.35. The molecule has 1 atom stereocenters. The van der Waals surface area contributed by atoms with Crippen molar-refractivity contribution < 1.29 is 13.2 Å². The summed E-state index contributed by atoms with van der Waals surface area (Å²) in [6, 6.07) is 6.03. The van der Waals surface area contributed by atoms with Crippen molar-refractivity contribution in [1.29, 1.82) is 0 Å². The van der Waals surface area contributed by atoms with Gasteiger partial charge in [-0.05, 0) is 51.7 Å². The van der Waals surface area contributed by atoms with Crippen molar-refractivity contribution in [2.75, 3.05) is 19.6 Å². The second-order valence-corrected chi connectivity index (χ2v) is 9.82. The number of sulfonamides is 1. The van der Waals surface area contributed by atoms with Crippen LogP contribution in [0.15, 0.2) is 24.4 Å². The highest BCUT2D eigenvalue weighted by Gasteiger charge is 2.42. The summed E-state index contributed by atoms with van der Waals surface area (Å²) in [6.45, 7) is 6.66. The van der Waals surface area contributed by atoms with E-state index in [2.05, 4.69) is 20.7 Å². The van der Waals surface area contributed by atoms with Crippen LogP contribution in [0.4, 0.5) is 0 Å². The predicted molar refractivity (Wildman–Crippen MR) is 97.6 cm³/mol. The number of nitrogens with zero attached hydrogens (tertiary/aromatic N) is 2. The van der Waals surface area contributed by atoms with Gasteiger partial charge in [0.2, 0.25) is 10.0 Å². The van der Waals surface area contributed by atoms with Crippen LogP contribution >= 0.6 is 0 Å². The van der Waals surface area contributed by atoms with Gasteiger partial charge in [0.25, 0.3) is 0 Å². The van der Waals surface area contributed by atoms with Gasteiger partial charge in [0.15, 0.2) is 0 Å². The largest absolute Gasteiger partial charge is 0.370 e. The van der Waals surface area contributed by atoms with Gasteiger partial charge in [-0.2, -0.15) is 0 Å². The average molecular weight is 368 g/mol. The molecule has 3 rings (SSSR count). The minimum atomic E-state index is -3.22. The van der Waals surface area contributed by atoms with Gasteiger partial charge < -0.3 is 4.74 Å². The number of ether oxygens (including phenoxy) is 1. The van der Waals surface area contributed by atoms with E-state index in [1.165, 1.54) is 0 Å². The van der Waals surface area contributed by atoms with Crippen LogP contribution in [0, 0.1) is 0 Å². The highest BCUT2D eigenvalue weighted by molar-refractivity contribution is 7.90. The van der Waals surface area contributed by atoms with E-state index < -0.39 is 15.3 Å². The molecule has 2 aliphatic rings. The van der Waals surface area contributed by atoms with Crippen LogP contribution < -0.4 is 4.72 Å². The van der Waals surface area contributed by atoms with Gasteiger partial charge in [0.1, 0.15) is 0 Å². The maximum Gasteiger partial charge on any atom is 0.214 e. The van der Waals surface area contributed by atoms with Crippen molar-refractivity contribution in [3.63, 3.8) is 0 Å². The van der Waals surface area contributed by atoms with Crippen molar-refractivity contribution in [2.45, 2.75) is 63.0 Å². The molecule has 1 N–H and O–H groups in total. The Morgan fingerprint density at radius 1 is 1.32 bits per heavy atom. The summed E-state index contributed by atoms with van der Waals surface area (Å²) >= 11 is 0. The van der Waals surface area contributed by atoms with Crippen LogP contribution in [0.3, 0.4) is 0 Å². The molecule has 0 radical (unpaired) electrons. The molecule has 25 heavy (non-hydrogen) atoms. The summed E-state index contributed by atoms with van der Waals surface area (Å²) in [5.74, 6) is 0. The Morgan fingerprint density at radius 3 is 2.72 bits per heavy atom. The van der Waals surface area contributed by atoms with E-state index in [0.29, 0.717) is 6.54 Å². The number of aromatic nitrogens is 1. The Labute approximate surface area is 151 Å². The third-order valence-corrected chi connectivity index (χ3v) is 7.16. The molecule has 0 aromatic carbocycles. The maximum atomic E-state index is 11.9. The van der Waals surface area contributed by atoms with Crippen LogP contribution in [0.1, 0.15) is 45.2 Å². The van der Waals surface area contributed by atoms with E-state index in [9.17, 15) is 8.42 Å². The molecule has 2 aliphatic heterocycles. The Bertz CT molecular complexity index is 655. The molecule has 3 heterocycles. The molecule has 0 saturated carbocycles. The van der Waals surface area contributed by atoms with E-state index in [0.717, 1.165) is 51.0 Å². The molecule has 0 aliphatic carbocycles. The smallest absolute Gasteiger partial charge is 0.214 e. The molecule has 1 spiro atoms. The van der Waals surface area contributed by atoms with E-state index in [1.54, 1.807) is 13.8 Å². The lowest BCUT2D eigenvalue weighted by Gasteiger charge is -2.39. The first kappa shape index (κ1) is 18.8. The van der Waals surface area contributed by atoms with Gasteiger partial charge in [0, 0.05) is 32.4 Å². The molecule has 1 unspecified atom stereocenters. The van der Waals surface area contributed by atoms with Gasteiger partial charge in [-0.15, -0.1) is 0 Å². The first-order valence-corrected chi connectivity index (χ1v) is 10.7. The standard InChI is InChI=1S/C18H29N3O3S/c1-15(2)25(22,23)20-13-17-6-7-18(24-17)8-11-21(12-9-18)14-16-5-3-4-10-19-16/h3-5,10,15,17,20H,6-9,11-14H2,1-2H3. The predicted octanol–water partition coefficient (Wildman–Crippen LogP) is 1.92. The van der Waals surface area contributed by atoms with Gasteiger partial charge in [0.05, 0.1) is 22.6 Å². The Balaban J connectivity index is 1.46. The van der Waals surface area contributed by atoms with Crippen LogP contribution in [-0.2, 0) is 21.3 Å². The zero-order valence-electron chi connectivity index (χ0n) is 15.1. The number of nitrogens with one attached hydrogen (secondary N) is 1. The van der Waals surface area contributed by atoms with Gasteiger partial charge >= 0.3 is 0 Å². The first-order chi connectivity index (χ1) is 11.9. The van der Waals surface area contributed by atoms with E-state index in [1.807, 2.05) is 18.3 Å². The molecule has 1 aromatic rings. The van der Waals surface area contributed by atoms with Crippen molar-refractivity contribution in [1.82, 2.24) is 14.6 Å². The molecule has 0 amide bonds. The van der Waals surface area contributed by atoms with Gasteiger partial charge in [-0.25, -0.2) is 13.1 Å². The zero-order valence-corrected chi connectivity index (χ0v) is 16.0. The highest BCUT2D eigenvalue weighted by Crippen LogP contribution is 2.39. The molecule has 2 fully saturated rings. The Hall–Kier alpha value is -1.02. The van der Waals surface area contributed by atoms with Crippen molar-refractivity contribution >= 4 is 10.0 Å². The van der Waals surface area contributed by atoms with Gasteiger partial charge in [-0.1, -0.05) is 6.07 Å². The number of likely N-dealkylation sites (tertiary alicyclic amines) is 1. The maximum absolute atomic E-state index is 11.9. The van der Waals surface area contributed by atoms with E-state index >= 15 is 0 Å². The summed E-state index contributed by atoms with van der Waals surface area (Å²) in [4.78, 5) is 6.82. The lowest BCUT2D eigenvalue weighted by molar-refractivity contribution is -0.0759. The topological polar surface area (TPSA) is 71.5 Å². The van der Waals surface area contributed by atoms with Crippen LogP contribution in [0.2, 0.25) is 0 Å². The fourth-order valence-electron chi connectivity index (χ4n) is 3.62. The Kier molecular flexibility index (Phi) is 5.78. The SMILES string of the molecule is CC(C)S(=O)(=O)NCC1CCC2(CCN(Cc3ccccn3)CC2)O1. The third kappa shape index (κ3) is 4.78. The molecular formula is C18H29N3O3S. The number of pyridine rings is 1. The first-order valence-electron chi connectivity index (χ1n) is 9.17. The molecule has 0 bridgehead atoms. The quantitative estimate of drug-likeness (QED) is 0.832. The minimum Gasteiger partial charge on any atom is -0.370 e. The second kappa shape index (κ2) is 7.70. The molecule has 2 saturated heterocycles. The lowest BCUT2D eigenvalue weighted by Crippen LogP contribution is -2.45. The average Bonchev–Trinajstić information content (AvgIpc) is 2.99. The van der Waals surface area contributed by atoms with Crippen molar-refractivity contribution in [3.05, 3.63) is 30.1 Å². The molecule has 140 valence electrons. The lowest BCUT2D eigenvalue weighted by atomic mass is 9.88. The van der Waals surface area contributed by atoms with Crippen molar-refractivity contribution in [2.24, 2.45) is 0 Å². The summed E-state index contributed by atoms with van der Waals surface area (Å²) in [5.41, 5.74) is 1.04. The zero-order chi connectivity index (χ0) is 17.9. The summed E-state index contributed by atoms with van der Waals surface area (Å²) in [5, 5.41) is -0.405. The number of rotatable bonds is 6. The summed E-state index contributed by atoms with van der Waals surface area (Å²) < 4.78 is 32.8. The van der Waals surface area contributed by atoms with Crippen molar-refractivity contribution in [3.8, 4) is 0 Å². The van der Waals surface area contributed by atoms with Crippen LogP contribution in [0.25, 0.3) is 0 Å². The fourth-order valence-corrected chi connectivity index (χ4v) is 4.37. The minimum absolute atomic E-state index is 0.00383. The second-order valence-electron chi connectivity index (χ2n) is 7.50. The number of piperidine rings is 1. The van der Waals surface area contributed by atoms with E-state index in [4.69, 9.17) is 4.74 Å². The molecule has 1 aromatic heterocycles. The fraction of sp³-hybridized carbons (Fsp3) is 0.722. The molecule has 7 heteroatoms. The molecular weight excluding hydrogens is 338 g/mol. The summed E-state index contributed by atoms with van der Waals surface area (Å²) in [6.07, 6.45) is 5.81. The monoisotopic (exact) mass is 367 g/mol. The normalized spacial score (nSPS) is 24.2. The highest BCUT2D eigenvalue weighted by atomic mass is 32.2. The number of hydrogen-bond acceptors (Lipinski definition) is 5. The summed E-state index contributed by atoms with van der Waals surface area (Å²) in [7, 11) is -3.22. The van der Waals surface area contributed by atoms with E-state index in [-0.39, 0.29) is 11.7 Å². The van der Waals surface area contributed by atoms with Gasteiger partial charge in [-0.3, -0.25) is 9.88 Å².